The van der Waals surface area contributed by atoms with Crippen LogP contribution in [0.1, 0.15) is 47.5 Å². The number of amides is 2. The molecule has 31 heavy (non-hydrogen) atoms. The Balaban J connectivity index is 1.75. The highest BCUT2D eigenvalue weighted by Gasteiger charge is 2.26. The Bertz CT molecular complexity index is 558. The summed E-state index contributed by atoms with van der Waals surface area (Å²) in [5, 5.41) is 0. The van der Waals surface area contributed by atoms with Crippen molar-refractivity contribution in [1.82, 2.24) is 19.6 Å². The second-order valence-corrected chi connectivity index (χ2v) is 9.81. The Morgan fingerprint density at radius 2 is 1.19 bits per heavy atom. The van der Waals surface area contributed by atoms with E-state index in [0.717, 1.165) is 71.7 Å². The molecule has 0 aromatic rings. The molecule has 2 aliphatic heterocycles. The monoisotopic (exact) mass is 440 g/mol. The van der Waals surface area contributed by atoms with Gasteiger partial charge in [0, 0.05) is 58.4 Å². The van der Waals surface area contributed by atoms with Crippen LogP contribution in [0.15, 0.2) is 0 Å². The first kappa shape index (κ1) is 25.7. The number of ether oxygens (including phenoxy) is 2. The van der Waals surface area contributed by atoms with Gasteiger partial charge in [-0.3, -0.25) is 9.80 Å². The van der Waals surface area contributed by atoms with Crippen molar-refractivity contribution in [3.05, 3.63) is 0 Å². The predicted octanol–water partition coefficient (Wildman–Crippen LogP) is 2.98. The fourth-order valence-corrected chi connectivity index (χ4v) is 4.04. The van der Waals surface area contributed by atoms with Gasteiger partial charge in [0.1, 0.15) is 0 Å². The van der Waals surface area contributed by atoms with Crippen molar-refractivity contribution < 1.29 is 19.1 Å². The topological polar surface area (TPSA) is 65.6 Å². The second-order valence-electron chi connectivity index (χ2n) is 9.81. The van der Waals surface area contributed by atoms with E-state index in [4.69, 9.17) is 9.47 Å². The van der Waals surface area contributed by atoms with E-state index in [1.165, 1.54) is 0 Å². The van der Waals surface area contributed by atoms with Crippen LogP contribution in [0.4, 0.5) is 9.59 Å². The first-order valence-corrected chi connectivity index (χ1v) is 12.1. The summed E-state index contributed by atoms with van der Waals surface area (Å²) in [6, 6.07) is 0.408. The van der Waals surface area contributed by atoms with Crippen LogP contribution in [0.3, 0.4) is 0 Å². The maximum absolute atomic E-state index is 12.3. The molecule has 180 valence electrons. The summed E-state index contributed by atoms with van der Waals surface area (Å²) in [7, 11) is 0. The number of rotatable bonds is 7. The minimum absolute atomic E-state index is 0.180. The highest BCUT2D eigenvalue weighted by molar-refractivity contribution is 5.68. The Morgan fingerprint density at radius 1 is 0.677 bits per heavy atom. The van der Waals surface area contributed by atoms with E-state index in [1.807, 2.05) is 9.80 Å². The molecule has 0 aromatic heterocycles. The van der Waals surface area contributed by atoms with Crippen molar-refractivity contribution in [2.75, 3.05) is 72.1 Å². The van der Waals surface area contributed by atoms with E-state index in [-0.39, 0.29) is 12.2 Å². The molecular weight excluding hydrogens is 396 g/mol. The second kappa shape index (κ2) is 13.1. The first-order chi connectivity index (χ1) is 14.8. The summed E-state index contributed by atoms with van der Waals surface area (Å²) >= 11 is 0. The predicted molar refractivity (Wildman–Crippen MR) is 122 cm³/mol. The fourth-order valence-electron chi connectivity index (χ4n) is 4.04. The Labute approximate surface area is 188 Å². The molecular formula is C23H44N4O4. The van der Waals surface area contributed by atoms with E-state index >= 15 is 0 Å². The van der Waals surface area contributed by atoms with Crippen molar-refractivity contribution in [2.24, 2.45) is 11.8 Å². The molecule has 0 aliphatic carbocycles. The summed E-state index contributed by atoms with van der Waals surface area (Å²) < 4.78 is 10.8. The van der Waals surface area contributed by atoms with Crippen LogP contribution in [0.25, 0.3) is 0 Å². The molecule has 1 atom stereocenters. The zero-order valence-electron chi connectivity index (χ0n) is 20.3. The number of hydrogen-bond donors (Lipinski definition) is 0. The molecule has 0 aromatic carbocycles. The fraction of sp³-hybridized carbons (Fsp3) is 0.913. The summed E-state index contributed by atoms with van der Waals surface area (Å²) in [6.45, 7) is 19.1. The smallest absolute Gasteiger partial charge is 0.409 e. The molecule has 0 saturated carbocycles. The third-order valence-electron chi connectivity index (χ3n) is 5.86. The molecule has 0 unspecified atom stereocenters. The molecule has 0 radical (unpaired) electrons. The highest BCUT2D eigenvalue weighted by atomic mass is 16.6. The lowest BCUT2D eigenvalue weighted by Gasteiger charge is -2.32. The first-order valence-electron chi connectivity index (χ1n) is 12.1. The number of carbonyl (C=O) groups excluding carboxylic acids is 2. The van der Waals surface area contributed by atoms with Gasteiger partial charge >= 0.3 is 12.2 Å². The molecule has 0 bridgehead atoms. The average Bonchev–Trinajstić information content (AvgIpc) is 3.11. The van der Waals surface area contributed by atoms with E-state index in [0.29, 0.717) is 31.1 Å². The zero-order chi connectivity index (χ0) is 22.8. The maximum Gasteiger partial charge on any atom is 0.409 e. The van der Waals surface area contributed by atoms with Crippen molar-refractivity contribution in [1.29, 1.82) is 0 Å². The van der Waals surface area contributed by atoms with Crippen molar-refractivity contribution >= 4 is 12.2 Å². The summed E-state index contributed by atoms with van der Waals surface area (Å²) in [6.07, 6.45) is 1.58. The van der Waals surface area contributed by atoms with Crippen molar-refractivity contribution in [3.63, 3.8) is 0 Å². The Hall–Kier alpha value is -1.54. The van der Waals surface area contributed by atoms with Gasteiger partial charge in [0.2, 0.25) is 0 Å². The highest BCUT2D eigenvalue weighted by Crippen LogP contribution is 2.12. The van der Waals surface area contributed by atoms with Crippen molar-refractivity contribution in [3.8, 4) is 0 Å². The maximum atomic E-state index is 12.3. The van der Waals surface area contributed by atoms with Gasteiger partial charge in [-0.15, -0.1) is 0 Å². The van der Waals surface area contributed by atoms with Crippen LogP contribution >= 0.6 is 0 Å². The third-order valence-corrected chi connectivity index (χ3v) is 5.86. The molecule has 2 saturated heterocycles. The molecule has 2 aliphatic rings. The summed E-state index contributed by atoms with van der Waals surface area (Å²) in [5.74, 6) is 0.712. The van der Waals surface area contributed by atoms with Crippen LogP contribution < -0.4 is 0 Å². The third kappa shape index (κ3) is 9.23. The zero-order valence-corrected chi connectivity index (χ0v) is 20.3. The van der Waals surface area contributed by atoms with Crippen LogP contribution in [0.2, 0.25) is 0 Å². The minimum atomic E-state index is -0.180. The minimum Gasteiger partial charge on any atom is -0.449 e. The number of nitrogens with zero attached hydrogens (tertiary/aromatic N) is 4. The van der Waals surface area contributed by atoms with Gasteiger partial charge in [-0.1, -0.05) is 27.7 Å². The van der Waals surface area contributed by atoms with Crippen molar-refractivity contribution in [2.45, 2.75) is 53.5 Å². The van der Waals surface area contributed by atoms with Crippen LogP contribution in [-0.2, 0) is 9.47 Å². The molecule has 2 rings (SSSR count). The van der Waals surface area contributed by atoms with Crippen LogP contribution in [0, 0.1) is 11.8 Å². The Kier molecular flexibility index (Phi) is 10.9. The van der Waals surface area contributed by atoms with Crippen LogP contribution in [-0.4, -0.2) is 110 Å². The van der Waals surface area contributed by atoms with Crippen LogP contribution in [0.5, 0.6) is 0 Å². The largest absolute Gasteiger partial charge is 0.449 e. The van der Waals surface area contributed by atoms with Gasteiger partial charge in [-0.05, 0) is 38.1 Å². The van der Waals surface area contributed by atoms with Gasteiger partial charge in [0.25, 0.3) is 0 Å². The molecule has 8 heteroatoms. The number of carbonyl (C=O) groups is 2. The SMILES string of the molecule is CC(C)COC(=O)N1CCCN(C[C@H](C)N2CCCN(C(=O)OCC(C)C)CC2)CC1. The normalized spacial score (nSPS) is 20.5. The summed E-state index contributed by atoms with van der Waals surface area (Å²) in [5.41, 5.74) is 0. The lowest BCUT2D eigenvalue weighted by molar-refractivity contribution is 0.0899. The van der Waals surface area contributed by atoms with Gasteiger partial charge in [0.05, 0.1) is 13.2 Å². The molecule has 8 nitrogen and oxygen atoms in total. The van der Waals surface area contributed by atoms with Gasteiger partial charge < -0.3 is 19.3 Å². The quantitative estimate of drug-likeness (QED) is 0.606. The van der Waals surface area contributed by atoms with Gasteiger partial charge in [-0.2, -0.15) is 0 Å². The lowest BCUT2D eigenvalue weighted by Crippen LogP contribution is -2.45. The van der Waals surface area contributed by atoms with Gasteiger partial charge in [-0.25, -0.2) is 9.59 Å². The van der Waals surface area contributed by atoms with Gasteiger partial charge in [0.15, 0.2) is 0 Å². The van der Waals surface area contributed by atoms with E-state index in [9.17, 15) is 9.59 Å². The molecule has 2 amide bonds. The van der Waals surface area contributed by atoms with E-state index in [1.54, 1.807) is 0 Å². The molecule has 2 heterocycles. The standard InChI is InChI=1S/C23H44N4O4/c1-19(2)17-30-22(28)26-10-6-8-24(12-13-26)16-21(5)25-9-7-11-27(15-14-25)23(29)31-18-20(3)4/h19-21H,6-18H2,1-5H3/t21-/m0/s1. The molecule has 0 N–H and O–H groups in total. The average molecular weight is 441 g/mol. The van der Waals surface area contributed by atoms with E-state index in [2.05, 4.69) is 44.4 Å². The Morgan fingerprint density at radius 3 is 1.74 bits per heavy atom. The van der Waals surface area contributed by atoms with E-state index < -0.39 is 0 Å². The summed E-state index contributed by atoms with van der Waals surface area (Å²) in [4.78, 5) is 33.2. The molecule has 2 fully saturated rings. The molecule has 0 spiro atoms. The lowest BCUT2D eigenvalue weighted by atomic mass is 10.2. The number of hydrogen-bond acceptors (Lipinski definition) is 6.